The van der Waals surface area contributed by atoms with Crippen molar-refractivity contribution in [3.8, 4) is 11.5 Å². The molecule has 1 saturated heterocycles. The molecule has 0 bridgehead atoms. The van der Waals surface area contributed by atoms with Gasteiger partial charge in [0.1, 0.15) is 17.1 Å². The summed E-state index contributed by atoms with van der Waals surface area (Å²) in [5, 5.41) is 3.14. The van der Waals surface area contributed by atoms with E-state index in [9.17, 15) is 9.59 Å². The highest BCUT2D eigenvalue weighted by Crippen LogP contribution is 2.41. The number of hydrogen-bond acceptors (Lipinski definition) is 4. The van der Waals surface area contributed by atoms with Crippen molar-refractivity contribution >= 4 is 17.5 Å². The molecule has 2 amide bonds. The van der Waals surface area contributed by atoms with E-state index >= 15 is 0 Å². The molecule has 29 heavy (non-hydrogen) atoms. The molecule has 6 nitrogen and oxygen atoms in total. The van der Waals surface area contributed by atoms with Crippen LogP contribution in [0.2, 0.25) is 0 Å². The molecule has 0 spiro atoms. The smallest absolute Gasteiger partial charge is 0.251 e. The summed E-state index contributed by atoms with van der Waals surface area (Å²) in [6.07, 6.45) is 2.12. The molecule has 0 aliphatic carbocycles. The lowest BCUT2D eigenvalue weighted by atomic mass is 9.89. The molecule has 1 atom stereocenters. The summed E-state index contributed by atoms with van der Waals surface area (Å²) in [4.78, 5) is 26.6. The number of hydrogen-bond donors (Lipinski definition) is 1. The van der Waals surface area contributed by atoms with Gasteiger partial charge in [-0.15, -0.1) is 0 Å². The summed E-state index contributed by atoms with van der Waals surface area (Å²) < 4.78 is 11.4. The molecule has 0 radical (unpaired) electrons. The van der Waals surface area contributed by atoms with Crippen molar-refractivity contribution in [2.45, 2.75) is 44.8 Å². The molecular formula is C23H26N2O4. The van der Waals surface area contributed by atoms with Crippen molar-refractivity contribution in [3.05, 3.63) is 53.6 Å². The van der Waals surface area contributed by atoms with Crippen LogP contribution in [0.15, 0.2) is 42.5 Å². The monoisotopic (exact) mass is 394 g/mol. The minimum atomic E-state index is -0.389. The Morgan fingerprint density at radius 2 is 1.97 bits per heavy atom. The second-order valence-corrected chi connectivity index (χ2v) is 8.19. The average Bonchev–Trinajstić information content (AvgIpc) is 3.13. The fourth-order valence-corrected chi connectivity index (χ4v) is 4.04. The van der Waals surface area contributed by atoms with Crippen LogP contribution in [0.25, 0.3) is 0 Å². The number of rotatable bonds is 4. The summed E-state index contributed by atoms with van der Waals surface area (Å²) in [6, 6.07) is 12.7. The molecule has 2 aromatic carbocycles. The van der Waals surface area contributed by atoms with E-state index in [4.69, 9.17) is 9.47 Å². The number of ether oxygens (including phenoxy) is 2. The Balaban J connectivity index is 1.54. The van der Waals surface area contributed by atoms with Crippen LogP contribution < -0.4 is 19.7 Å². The van der Waals surface area contributed by atoms with Gasteiger partial charge in [-0.3, -0.25) is 9.59 Å². The van der Waals surface area contributed by atoms with Crippen LogP contribution in [0.5, 0.6) is 11.5 Å². The molecule has 2 aliphatic rings. The normalized spacial score (nSPS) is 20.0. The Morgan fingerprint density at radius 1 is 1.21 bits per heavy atom. The third-order valence-corrected chi connectivity index (χ3v) is 5.49. The third kappa shape index (κ3) is 3.92. The molecule has 1 unspecified atom stereocenters. The highest BCUT2D eigenvalue weighted by atomic mass is 16.5. The van der Waals surface area contributed by atoms with Crippen LogP contribution in [0, 0.1) is 0 Å². The summed E-state index contributed by atoms with van der Waals surface area (Å²) in [7, 11) is 1.62. The van der Waals surface area contributed by atoms with Crippen molar-refractivity contribution in [3.63, 3.8) is 0 Å². The molecule has 152 valence electrons. The van der Waals surface area contributed by atoms with E-state index in [1.54, 1.807) is 24.1 Å². The predicted molar refractivity (Wildman–Crippen MR) is 111 cm³/mol. The molecule has 0 aromatic heterocycles. The van der Waals surface area contributed by atoms with Gasteiger partial charge in [0.05, 0.1) is 13.2 Å². The van der Waals surface area contributed by atoms with Crippen molar-refractivity contribution in [1.82, 2.24) is 5.32 Å². The van der Waals surface area contributed by atoms with Gasteiger partial charge in [-0.2, -0.15) is 0 Å². The number of nitrogens with one attached hydrogen (secondary N) is 1. The number of amides is 2. The molecule has 2 aromatic rings. The van der Waals surface area contributed by atoms with Gasteiger partial charge in [-0.05, 0) is 62.7 Å². The lowest BCUT2D eigenvalue weighted by Crippen LogP contribution is -2.41. The molecule has 4 rings (SSSR count). The van der Waals surface area contributed by atoms with E-state index in [2.05, 4.69) is 5.32 Å². The molecular weight excluding hydrogens is 368 g/mol. The first-order chi connectivity index (χ1) is 13.9. The van der Waals surface area contributed by atoms with Gasteiger partial charge in [0.15, 0.2) is 0 Å². The molecule has 6 heteroatoms. The third-order valence-electron chi connectivity index (χ3n) is 5.49. The van der Waals surface area contributed by atoms with Gasteiger partial charge >= 0.3 is 0 Å². The lowest BCUT2D eigenvalue weighted by molar-refractivity contribution is -0.117. The van der Waals surface area contributed by atoms with E-state index in [1.165, 1.54) is 0 Å². The SMILES string of the molecule is COc1ccc2c(c1)C(NC(=O)c1ccc(N3CCCC3=O)cc1)CC(C)(C)O2. The van der Waals surface area contributed by atoms with Crippen LogP contribution in [-0.4, -0.2) is 31.1 Å². The van der Waals surface area contributed by atoms with Crippen LogP contribution in [0.3, 0.4) is 0 Å². The lowest BCUT2D eigenvalue weighted by Gasteiger charge is -2.38. The Labute approximate surface area is 170 Å². The van der Waals surface area contributed by atoms with E-state index in [-0.39, 0.29) is 23.5 Å². The largest absolute Gasteiger partial charge is 0.497 e. The van der Waals surface area contributed by atoms with Gasteiger partial charge in [-0.1, -0.05) is 0 Å². The van der Waals surface area contributed by atoms with Crippen LogP contribution in [0.4, 0.5) is 5.69 Å². The maximum Gasteiger partial charge on any atom is 0.251 e. The number of carbonyl (C=O) groups is 2. The zero-order valence-electron chi connectivity index (χ0n) is 17.0. The molecule has 2 heterocycles. The Hall–Kier alpha value is -3.02. The second kappa shape index (κ2) is 7.43. The first-order valence-electron chi connectivity index (χ1n) is 9.94. The van der Waals surface area contributed by atoms with Gasteiger partial charge in [0.2, 0.25) is 5.91 Å². The van der Waals surface area contributed by atoms with Crippen LogP contribution in [0.1, 0.15) is 55.1 Å². The van der Waals surface area contributed by atoms with Gasteiger partial charge < -0.3 is 19.7 Å². The number of nitrogens with zero attached hydrogens (tertiary/aromatic N) is 1. The van der Waals surface area contributed by atoms with Crippen molar-refractivity contribution in [2.75, 3.05) is 18.6 Å². The first kappa shape index (κ1) is 19.3. The topological polar surface area (TPSA) is 67.9 Å². The molecule has 2 aliphatic heterocycles. The van der Waals surface area contributed by atoms with Crippen LogP contribution >= 0.6 is 0 Å². The second-order valence-electron chi connectivity index (χ2n) is 8.19. The van der Waals surface area contributed by atoms with Crippen molar-refractivity contribution < 1.29 is 19.1 Å². The van der Waals surface area contributed by atoms with E-state index < -0.39 is 0 Å². The summed E-state index contributed by atoms with van der Waals surface area (Å²) in [5.41, 5.74) is 1.93. The number of anilines is 1. The average molecular weight is 394 g/mol. The summed E-state index contributed by atoms with van der Waals surface area (Å²) in [5.74, 6) is 1.47. The fraction of sp³-hybridized carbons (Fsp3) is 0.391. The minimum Gasteiger partial charge on any atom is -0.497 e. The van der Waals surface area contributed by atoms with E-state index in [0.29, 0.717) is 18.4 Å². The number of benzene rings is 2. The van der Waals surface area contributed by atoms with Gasteiger partial charge in [-0.25, -0.2) is 0 Å². The quantitative estimate of drug-likeness (QED) is 0.855. The molecule has 1 N–H and O–H groups in total. The maximum atomic E-state index is 12.9. The summed E-state index contributed by atoms with van der Waals surface area (Å²) >= 11 is 0. The molecule has 1 fully saturated rings. The zero-order valence-corrected chi connectivity index (χ0v) is 17.0. The number of fused-ring (bicyclic) bond motifs is 1. The standard InChI is InChI=1S/C23H26N2O4/c1-23(2)14-19(18-13-17(28-3)10-11-20(18)29-23)24-22(27)15-6-8-16(9-7-15)25-12-4-5-21(25)26/h6-11,13,19H,4-5,12,14H2,1-3H3,(H,24,27). The van der Waals surface area contributed by atoms with E-state index in [0.717, 1.165) is 35.7 Å². The van der Waals surface area contributed by atoms with Gasteiger partial charge in [0, 0.05) is 36.2 Å². The fourth-order valence-electron chi connectivity index (χ4n) is 4.04. The Morgan fingerprint density at radius 3 is 2.62 bits per heavy atom. The van der Waals surface area contributed by atoms with E-state index in [1.807, 2.05) is 44.2 Å². The van der Waals surface area contributed by atoms with Crippen molar-refractivity contribution in [2.24, 2.45) is 0 Å². The Kier molecular flexibility index (Phi) is 4.94. The maximum absolute atomic E-state index is 12.9. The minimum absolute atomic E-state index is 0.136. The first-order valence-corrected chi connectivity index (χ1v) is 9.94. The highest BCUT2D eigenvalue weighted by molar-refractivity contribution is 5.97. The van der Waals surface area contributed by atoms with Crippen LogP contribution in [-0.2, 0) is 4.79 Å². The Bertz CT molecular complexity index is 936. The highest BCUT2D eigenvalue weighted by Gasteiger charge is 2.35. The number of carbonyl (C=O) groups excluding carboxylic acids is 2. The number of methoxy groups -OCH3 is 1. The predicted octanol–water partition coefficient (Wildman–Crippen LogP) is 3.85. The zero-order chi connectivity index (χ0) is 20.6. The molecule has 0 saturated carbocycles. The van der Waals surface area contributed by atoms with Crippen molar-refractivity contribution in [1.29, 1.82) is 0 Å². The summed E-state index contributed by atoms with van der Waals surface area (Å²) in [6.45, 7) is 4.77. The van der Waals surface area contributed by atoms with Gasteiger partial charge in [0.25, 0.3) is 5.91 Å².